The number of anilines is 1. The predicted octanol–water partition coefficient (Wildman–Crippen LogP) is 1.34. The second-order valence-electron chi connectivity index (χ2n) is 5.68. The van der Waals surface area contributed by atoms with Gasteiger partial charge in [0.1, 0.15) is 10.6 Å². The number of benzene rings is 2. The summed E-state index contributed by atoms with van der Waals surface area (Å²) in [6, 6.07) is 9.69. The Morgan fingerprint density at radius 1 is 0.935 bits per heavy atom. The molecule has 2 aromatic rings. The summed E-state index contributed by atoms with van der Waals surface area (Å²) in [4.78, 5) is 22.7. The van der Waals surface area contributed by atoms with Crippen molar-refractivity contribution in [3.8, 4) is 5.75 Å². The highest BCUT2D eigenvalue weighted by atomic mass is 32.2. The van der Waals surface area contributed by atoms with Crippen LogP contribution in [0.5, 0.6) is 5.75 Å². The van der Waals surface area contributed by atoms with Gasteiger partial charge in [0.25, 0.3) is 10.1 Å². The quantitative estimate of drug-likeness (QED) is 0.247. The van der Waals surface area contributed by atoms with Gasteiger partial charge in [-0.2, -0.15) is 16.8 Å². The molecule has 0 heterocycles. The van der Waals surface area contributed by atoms with Crippen molar-refractivity contribution >= 4 is 37.9 Å². The number of nitrogens with one attached hydrogen (secondary N) is 1. The SMILES string of the molecule is COC(=O)/C=C(/Nc1cc(S(=O)(=O)O)ccc1OS(=O)(=O)c1ccccc1)C(=O)OC. The van der Waals surface area contributed by atoms with Gasteiger partial charge in [0, 0.05) is 0 Å². The monoisotopic (exact) mass is 471 g/mol. The Morgan fingerprint density at radius 3 is 2.13 bits per heavy atom. The van der Waals surface area contributed by atoms with Gasteiger partial charge in [-0.15, -0.1) is 0 Å². The molecule has 31 heavy (non-hydrogen) atoms. The van der Waals surface area contributed by atoms with E-state index < -0.39 is 48.5 Å². The van der Waals surface area contributed by atoms with Gasteiger partial charge in [0.15, 0.2) is 5.75 Å². The number of hydrogen-bond donors (Lipinski definition) is 2. The number of carbonyl (C=O) groups excluding carboxylic acids is 2. The smallest absolute Gasteiger partial charge is 0.354 e. The molecule has 0 aliphatic carbocycles. The van der Waals surface area contributed by atoms with Crippen molar-refractivity contribution in [1.82, 2.24) is 0 Å². The molecule has 11 nitrogen and oxygen atoms in total. The van der Waals surface area contributed by atoms with Crippen LogP contribution in [0.25, 0.3) is 0 Å². The van der Waals surface area contributed by atoms with Crippen LogP contribution < -0.4 is 9.50 Å². The number of ether oxygens (including phenoxy) is 2. The van der Waals surface area contributed by atoms with Gasteiger partial charge in [0.05, 0.1) is 30.9 Å². The lowest BCUT2D eigenvalue weighted by atomic mass is 10.2. The van der Waals surface area contributed by atoms with Crippen LogP contribution in [0, 0.1) is 0 Å². The van der Waals surface area contributed by atoms with Crippen molar-refractivity contribution in [2.75, 3.05) is 19.5 Å². The molecule has 0 aliphatic heterocycles. The van der Waals surface area contributed by atoms with Crippen molar-refractivity contribution in [2.24, 2.45) is 0 Å². The first-order valence-corrected chi connectivity index (χ1v) is 11.1. The van der Waals surface area contributed by atoms with Gasteiger partial charge >= 0.3 is 22.1 Å². The summed E-state index contributed by atoms with van der Waals surface area (Å²) in [5, 5.41) is 2.37. The van der Waals surface area contributed by atoms with E-state index in [2.05, 4.69) is 14.8 Å². The van der Waals surface area contributed by atoms with Crippen LogP contribution in [0.2, 0.25) is 0 Å². The van der Waals surface area contributed by atoms with Crippen LogP contribution in [0.15, 0.2) is 70.1 Å². The van der Waals surface area contributed by atoms with E-state index in [-0.39, 0.29) is 10.6 Å². The zero-order valence-electron chi connectivity index (χ0n) is 16.1. The van der Waals surface area contributed by atoms with Crippen molar-refractivity contribution in [1.29, 1.82) is 0 Å². The average molecular weight is 471 g/mol. The van der Waals surface area contributed by atoms with Crippen LogP contribution in [0.4, 0.5) is 5.69 Å². The maximum atomic E-state index is 12.5. The van der Waals surface area contributed by atoms with Crippen LogP contribution in [-0.4, -0.2) is 47.5 Å². The standard InChI is InChI=1S/C18H17NO10S2/c1-27-17(20)11-15(18(21)28-2)19-14-10-13(30(22,23)24)8-9-16(14)29-31(25,26)12-6-4-3-5-7-12/h3-11,19H,1-2H3,(H,22,23,24)/b15-11+. The number of methoxy groups -OCH3 is 2. The van der Waals surface area contributed by atoms with Gasteiger partial charge < -0.3 is 19.0 Å². The molecule has 0 unspecified atom stereocenters. The molecule has 0 saturated carbocycles. The maximum absolute atomic E-state index is 12.5. The molecule has 0 bridgehead atoms. The number of rotatable bonds is 8. The van der Waals surface area contributed by atoms with Crippen LogP contribution in [0.1, 0.15) is 0 Å². The Labute approximate surface area is 178 Å². The van der Waals surface area contributed by atoms with Gasteiger partial charge in [-0.25, -0.2) is 9.59 Å². The van der Waals surface area contributed by atoms with E-state index >= 15 is 0 Å². The molecule has 0 atom stereocenters. The van der Waals surface area contributed by atoms with E-state index in [1.807, 2.05) is 0 Å². The first-order valence-electron chi connectivity index (χ1n) is 8.24. The van der Waals surface area contributed by atoms with E-state index in [0.29, 0.717) is 6.08 Å². The molecule has 2 rings (SSSR count). The lowest BCUT2D eigenvalue weighted by Crippen LogP contribution is -2.17. The second kappa shape index (κ2) is 9.59. The van der Waals surface area contributed by atoms with Crippen molar-refractivity contribution in [2.45, 2.75) is 9.79 Å². The molecular weight excluding hydrogens is 454 g/mol. The van der Waals surface area contributed by atoms with Crippen molar-refractivity contribution in [3.05, 3.63) is 60.3 Å². The molecule has 166 valence electrons. The molecule has 0 saturated heterocycles. The molecule has 0 radical (unpaired) electrons. The second-order valence-corrected chi connectivity index (χ2v) is 8.65. The molecule has 0 aliphatic rings. The Morgan fingerprint density at radius 2 is 1.58 bits per heavy atom. The molecular formula is C18H17NO10S2. The predicted molar refractivity (Wildman–Crippen MR) is 106 cm³/mol. The van der Waals surface area contributed by atoms with Gasteiger partial charge in [-0.3, -0.25) is 4.55 Å². The summed E-state index contributed by atoms with van der Waals surface area (Å²) < 4.78 is 71.4. The van der Waals surface area contributed by atoms with Gasteiger partial charge in [0.2, 0.25) is 0 Å². The lowest BCUT2D eigenvalue weighted by molar-refractivity contribution is -0.138. The molecule has 2 aromatic carbocycles. The van der Waals surface area contributed by atoms with E-state index in [9.17, 15) is 31.0 Å². The first-order chi connectivity index (χ1) is 14.5. The summed E-state index contributed by atoms with van der Waals surface area (Å²) in [6.07, 6.45) is 0.696. The van der Waals surface area contributed by atoms with E-state index in [4.69, 9.17) is 4.18 Å². The summed E-state index contributed by atoms with van der Waals surface area (Å²) in [5.74, 6) is -2.45. The van der Waals surface area contributed by atoms with E-state index in [1.54, 1.807) is 6.07 Å². The summed E-state index contributed by atoms with van der Waals surface area (Å²) >= 11 is 0. The minimum absolute atomic E-state index is 0.196. The minimum Gasteiger partial charge on any atom is -0.466 e. The third-order valence-corrected chi connectivity index (χ3v) is 5.72. The van der Waals surface area contributed by atoms with E-state index in [0.717, 1.165) is 32.4 Å². The molecule has 2 N–H and O–H groups in total. The molecule has 0 amide bonds. The Balaban J connectivity index is 2.58. The minimum atomic E-state index is -4.70. The lowest BCUT2D eigenvalue weighted by Gasteiger charge is -2.15. The zero-order chi connectivity index (χ0) is 23.2. The molecule has 0 aromatic heterocycles. The fourth-order valence-electron chi connectivity index (χ4n) is 2.17. The van der Waals surface area contributed by atoms with Crippen molar-refractivity contribution < 1.29 is 44.6 Å². The maximum Gasteiger partial charge on any atom is 0.354 e. The number of carbonyl (C=O) groups is 2. The average Bonchev–Trinajstić information content (AvgIpc) is 2.73. The highest BCUT2D eigenvalue weighted by Gasteiger charge is 2.23. The Bertz CT molecular complexity index is 1220. The zero-order valence-corrected chi connectivity index (χ0v) is 17.8. The summed E-state index contributed by atoms with van der Waals surface area (Å²) in [6.45, 7) is 0. The molecule has 0 spiro atoms. The number of hydrogen-bond acceptors (Lipinski definition) is 10. The Hall–Kier alpha value is -3.42. The first kappa shape index (κ1) is 23.9. The Kier molecular flexibility index (Phi) is 7.38. The third-order valence-electron chi connectivity index (χ3n) is 3.62. The van der Waals surface area contributed by atoms with Crippen molar-refractivity contribution in [3.63, 3.8) is 0 Å². The van der Waals surface area contributed by atoms with Crippen LogP contribution in [-0.2, 0) is 39.3 Å². The summed E-state index contributed by atoms with van der Waals surface area (Å²) in [7, 11) is -6.99. The molecule has 0 fully saturated rings. The fourth-order valence-corrected chi connectivity index (χ4v) is 3.65. The topological polar surface area (TPSA) is 162 Å². The normalized spacial score (nSPS) is 12.0. The molecule has 13 heteroatoms. The highest BCUT2D eigenvalue weighted by molar-refractivity contribution is 7.87. The van der Waals surface area contributed by atoms with E-state index in [1.165, 1.54) is 24.3 Å². The summed E-state index contributed by atoms with van der Waals surface area (Å²) in [5.41, 5.74) is -0.904. The third kappa shape index (κ3) is 6.28. The van der Waals surface area contributed by atoms with Gasteiger partial charge in [-0.1, -0.05) is 18.2 Å². The van der Waals surface area contributed by atoms with Crippen LogP contribution in [0.3, 0.4) is 0 Å². The van der Waals surface area contributed by atoms with Crippen LogP contribution >= 0.6 is 0 Å². The van der Waals surface area contributed by atoms with Gasteiger partial charge in [-0.05, 0) is 30.3 Å². The highest BCUT2D eigenvalue weighted by Crippen LogP contribution is 2.31. The number of esters is 2. The largest absolute Gasteiger partial charge is 0.466 e. The fraction of sp³-hybridized carbons (Fsp3) is 0.111.